The van der Waals surface area contributed by atoms with Crippen LogP contribution in [0.3, 0.4) is 0 Å². The van der Waals surface area contributed by atoms with Crippen LogP contribution < -0.4 is 14.2 Å². The van der Waals surface area contributed by atoms with Gasteiger partial charge in [-0.25, -0.2) is 0 Å². The van der Waals surface area contributed by atoms with E-state index >= 15 is 0 Å². The monoisotopic (exact) mass is 354 g/mol. The standard InChI is InChI=1S/C22H26O4/c1-15(2)25-20-12-8-18(22(14-20)26-16(3)4)9-13-21(23)17-6-10-19(24-5)11-7-17/h6-16H,1-5H3. The zero-order chi connectivity index (χ0) is 19.1. The second kappa shape index (κ2) is 9.09. The summed E-state index contributed by atoms with van der Waals surface area (Å²) in [5.74, 6) is 2.08. The summed E-state index contributed by atoms with van der Waals surface area (Å²) in [4.78, 5) is 12.4. The van der Waals surface area contributed by atoms with Crippen molar-refractivity contribution >= 4 is 11.9 Å². The number of hydrogen-bond acceptors (Lipinski definition) is 4. The third kappa shape index (κ3) is 5.66. The molecule has 0 radical (unpaired) electrons. The number of rotatable bonds is 8. The first-order valence-corrected chi connectivity index (χ1v) is 8.73. The summed E-state index contributed by atoms with van der Waals surface area (Å²) in [5, 5.41) is 0. The first-order chi connectivity index (χ1) is 12.4. The van der Waals surface area contributed by atoms with Crippen LogP contribution in [0.1, 0.15) is 43.6 Å². The average molecular weight is 354 g/mol. The predicted octanol–water partition coefficient (Wildman–Crippen LogP) is 5.17. The minimum absolute atomic E-state index is 0.0220. The lowest BCUT2D eigenvalue weighted by molar-refractivity contribution is 0.104. The number of methoxy groups -OCH3 is 1. The summed E-state index contributed by atoms with van der Waals surface area (Å²) in [5.41, 5.74) is 1.44. The molecular weight excluding hydrogens is 328 g/mol. The number of ether oxygens (including phenoxy) is 3. The lowest BCUT2D eigenvalue weighted by Gasteiger charge is -2.16. The van der Waals surface area contributed by atoms with Crippen molar-refractivity contribution in [1.82, 2.24) is 0 Å². The van der Waals surface area contributed by atoms with E-state index in [1.54, 1.807) is 43.5 Å². The summed E-state index contributed by atoms with van der Waals surface area (Å²) in [7, 11) is 1.60. The van der Waals surface area contributed by atoms with Gasteiger partial charge in [-0.15, -0.1) is 0 Å². The molecule has 4 heteroatoms. The fourth-order valence-electron chi connectivity index (χ4n) is 2.37. The summed E-state index contributed by atoms with van der Waals surface area (Å²) in [6.07, 6.45) is 3.42. The van der Waals surface area contributed by atoms with Gasteiger partial charge in [-0.2, -0.15) is 0 Å². The molecule has 0 heterocycles. The molecule has 2 rings (SSSR count). The molecule has 0 aromatic heterocycles. The summed E-state index contributed by atoms with van der Waals surface area (Å²) >= 11 is 0. The third-order valence-electron chi connectivity index (χ3n) is 3.51. The average Bonchev–Trinajstić information content (AvgIpc) is 2.60. The highest BCUT2D eigenvalue weighted by molar-refractivity contribution is 6.07. The molecule has 0 amide bonds. The van der Waals surface area contributed by atoms with Gasteiger partial charge in [0.25, 0.3) is 0 Å². The molecule has 2 aromatic carbocycles. The Morgan fingerprint density at radius 1 is 0.885 bits per heavy atom. The number of hydrogen-bond donors (Lipinski definition) is 0. The largest absolute Gasteiger partial charge is 0.497 e. The third-order valence-corrected chi connectivity index (χ3v) is 3.51. The molecule has 0 N–H and O–H groups in total. The SMILES string of the molecule is COc1ccc(C(=O)C=Cc2ccc(OC(C)C)cc2OC(C)C)cc1. The molecule has 0 aliphatic rings. The maximum atomic E-state index is 12.4. The van der Waals surface area contributed by atoms with E-state index in [0.29, 0.717) is 11.3 Å². The Bertz CT molecular complexity index is 758. The van der Waals surface area contributed by atoms with Crippen molar-refractivity contribution < 1.29 is 19.0 Å². The van der Waals surface area contributed by atoms with Gasteiger partial charge in [0.2, 0.25) is 0 Å². The Morgan fingerprint density at radius 3 is 2.08 bits per heavy atom. The minimum atomic E-state index is -0.0781. The maximum absolute atomic E-state index is 12.4. The summed E-state index contributed by atoms with van der Waals surface area (Å²) in [6.45, 7) is 7.88. The van der Waals surface area contributed by atoms with Crippen LogP contribution in [-0.4, -0.2) is 25.1 Å². The van der Waals surface area contributed by atoms with Gasteiger partial charge in [0.05, 0.1) is 19.3 Å². The molecule has 0 bridgehead atoms. The zero-order valence-electron chi connectivity index (χ0n) is 16.0. The predicted molar refractivity (Wildman–Crippen MR) is 104 cm³/mol. The Morgan fingerprint density at radius 2 is 1.50 bits per heavy atom. The summed E-state index contributed by atoms with van der Waals surface area (Å²) in [6, 6.07) is 12.7. The van der Waals surface area contributed by atoms with Gasteiger partial charge in [0.15, 0.2) is 5.78 Å². The van der Waals surface area contributed by atoms with Crippen LogP contribution in [0, 0.1) is 0 Å². The Labute approximate surface area is 155 Å². The van der Waals surface area contributed by atoms with Crippen molar-refractivity contribution in [2.24, 2.45) is 0 Å². The van der Waals surface area contributed by atoms with Crippen molar-refractivity contribution in [2.75, 3.05) is 7.11 Å². The first kappa shape index (κ1) is 19.6. The molecule has 4 nitrogen and oxygen atoms in total. The topological polar surface area (TPSA) is 44.8 Å². The van der Waals surface area contributed by atoms with E-state index in [1.807, 2.05) is 45.9 Å². The number of ketones is 1. The maximum Gasteiger partial charge on any atom is 0.185 e. The van der Waals surface area contributed by atoms with Crippen LogP contribution in [0.2, 0.25) is 0 Å². The van der Waals surface area contributed by atoms with Gasteiger partial charge in [0.1, 0.15) is 17.2 Å². The molecular formula is C22H26O4. The number of carbonyl (C=O) groups is 1. The molecule has 0 unspecified atom stereocenters. The van der Waals surface area contributed by atoms with Crippen molar-refractivity contribution in [3.8, 4) is 17.2 Å². The molecule has 138 valence electrons. The quantitative estimate of drug-likeness (QED) is 0.485. The van der Waals surface area contributed by atoms with E-state index in [1.165, 1.54) is 0 Å². The normalized spacial score (nSPS) is 11.2. The Hall–Kier alpha value is -2.75. The van der Waals surface area contributed by atoms with Gasteiger partial charge >= 0.3 is 0 Å². The van der Waals surface area contributed by atoms with Crippen LogP contribution in [0.15, 0.2) is 48.5 Å². The molecule has 0 aliphatic carbocycles. The van der Waals surface area contributed by atoms with Gasteiger partial charge in [-0.3, -0.25) is 4.79 Å². The van der Waals surface area contributed by atoms with Crippen LogP contribution >= 0.6 is 0 Å². The van der Waals surface area contributed by atoms with Crippen LogP contribution in [0.25, 0.3) is 6.08 Å². The second-order valence-corrected chi connectivity index (χ2v) is 6.46. The molecule has 0 atom stereocenters. The zero-order valence-corrected chi connectivity index (χ0v) is 16.0. The second-order valence-electron chi connectivity index (χ2n) is 6.46. The smallest absolute Gasteiger partial charge is 0.185 e. The van der Waals surface area contributed by atoms with E-state index in [4.69, 9.17) is 14.2 Å². The van der Waals surface area contributed by atoms with E-state index < -0.39 is 0 Å². The van der Waals surface area contributed by atoms with Crippen molar-refractivity contribution in [3.63, 3.8) is 0 Å². The molecule has 0 saturated heterocycles. The number of benzene rings is 2. The number of carbonyl (C=O) groups excluding carboxylic acids is 1. The van der Waals surface area contributed by atoms with E-state index in [-0.39, 0.29) is 18.0 Å². The van der Waals surface area contributed by atoms with Gasteiger partial charge in [0, 0.05) is 17.2 Å². The fraction of sp³-hybridized carbons (Fsp3) is 0.318. The van der Waals surface area contributed by atoms with E-state index in [9.17, 15) is 4.79 Å². The lowest BCUT2D eigenvalue weighted by atomic mass is 10.1. The van der Waals surface area contributed by atoms with E-state index in [0.717, 1.165) is 17.1 Å². The van der Waals surface area contributed by atoms with Gasteiger partial charge in [-0.05, 0) is 76.2 Å². The molecule has 2 aromatic rings. The fourth-order valence-corrected chi connectivity index (χ4v) is 2.37. The van der Waals surface area contributed by atoms with Crippen molar-refractivity contribution in [3.05, 3.63) is 59.7 Å². The summed E-state index contributed by atoms with van der Waals surface area (Å²) < 4.78 is 16.7. The molecule has 0 spiro atoms. The first-order valence-electron chi connectivity index (χ1n) is 8.73. The van der Waals surface area contributed by atoms with Crippen LogP contribution in [0.4, 0.5) is 0 Å². The van der Waals surface area contributed by atoms with E-state index in [2.05, 4.69) is 0 Å². The highest BCUT2D eigenvalue weighted by Gasteiger charge is 2.08. The molecule has 0 saturated carbocycles. The molecule has 26 heavy (non-hydrogen) atoms. The molecule has 0 fully saturated rings. The number of allylic oxidation sites excluding steroid dienone is 1. The van der Waals surface area contributed by atoms with Gasteiger partial charge in [-0.1, -0.05) is 0 Å². The van der Waals surface area contributed by atoms with Crippen molar-refractivity contribution in [2.45, 2.75) is 39.9 Å². The molecule has 0 aliphatic heterocycles. The van der Waals surface area contributed by atoms with Crippen LogP contribution in [-0.2, 0) is 0 Å². The lowest BCUT2D eigenvalue weighted by Crippen LogP contribution is -2.09. The Kier molecular flexibility index (Phi) is 6.84. The van der Waals surface area contributed by atoms with Gasteiger partial charge < -0.3 is 14.2 Å². The minimum Gasteiger partial charge on any atom is -0.497 e. The highest BCUT2D eigenvalue weighted by Crippen LogP contribution is 2.28. The highest BCUT2D eigenvalue weighted by atomic mass is 16.5. The van der Waals surface area contributed by atoms with Crippen LogP contribution in [0.5, 0.6) is 17.2 Å². The Balaban J connectivity index is 2.22. The van der Waals surface area contributed by atoms with Crippen molar-refractivity contribution in [1.29, 1.82) is 0 Å².